The SMILES string of the molecule is CCCc1cnc2ccc(Br)cc2c1C(=O)O. The van der Waals surface area contributed by atoms with E-state index in [0.717, 1.165) is 22.9 Å². The van der Waals surface area contributed by atoms with Gasteiger partial charge in [-0.15, -0.1) is 0 Å². The summed E-state index contributed by atoms with van der Waals surface area (Å²) in [6.45, 7) is 2.02. The molecule has 1 aromatic carbocycles. The highest BCUT2D eigenvalue weighted by Gasteiger charge is 2.14. The number of nitrogens with zero attached hydrogens (tertiary/aromatic N) is 1. The molecule has 17 heavy (non-hydrogen) atoms. The summed E-state index contributed by atoms with van der Waals surface area (Å²) in [4.78, 5) is 15.7. The summed E-state index contributed by atoms with van der Waals surface area (Å²) in [6, 6.07) is 5.49. The van der Waals surface area contributed by atoms with Gasteiger partial charge in [-0.25, -0.2) is 4.79 Å². The predicted octanol–water partition coefficient (Wildman–Crippen LogP) is 3.65. The minimum absolute atomic E-state index is 0.373. The summed E-state index contributed by atoms with van der Waals surface area (Å²) in [5.74, 6) is -0.890. The lowest BCUT2D eigenvalue weighted by atomic mass is 10.0. The first kappa shape index (κ1) is 12.0. The highest BCUT2D eigenvalue weighted by Crippen LogP contribution is 2.25. The van der Waals surface area contributed by atoms with Crippen molar-refractivity contribution >= 4 is 32.8 Å². The number of hydrogen-bond donors (Lipinski definition) is 1. The lowest BCUT2D eigenvalue weighted by Gasteiger charge is -2.08. The number of carboxylic acids is 1. The van der Waals surface area contributed by atoms with Gasteiger partial charge in [0.2, 0.25) is 0 Å². The van der Waals surface area contributed by atoms with Gasteiger partial charge in [0.25, 0.3) is 0 Å². The minimum atomic E-state index is -0.890. The van der Waals surface area contributed by atoms with E-state index in [2.05, 4.69) is 20.9 Å². The van der Waals surface area contributed by atoms with Crippen molar-refractivity contribution in [2.75, 3.05) is 0 Å². The first-order valence-corrected chi connectivity index (χ1v) is 6.23. The number of aromatic carboxylic acids is 1. The van der Waals surface area contributed by atoms with Crippen LogP contribution in [0.15, 0.2) is 28.9 Å². The van der Waals surface area contributed by atoms with E-state index in [1.807, 2.05) is 25.1 Å². The molecule has 0 spiro atoms. The quantitative estimate of drug-likeness (QED) is 0.940. The molecule has 0 fully saturated rings. The lowest BCUT2D eigenvalue weighted by molar-refractivity contribution is 0.0698. The molecule has 3 nitrogen and oxygen atoms in total. The standard InChI is InChI=1S/C13H12BrNO2/c1-2-3-8-7-15-11-5-4-9(14)6-10(11)12(8)13(16)17/h4-7H,2-3H2,1H3,(H,16,17). The highest BCUT2D eigenvalue weighted by atomic mass is 79.9. The average molecular weight is 294 g/mol. The van der Waals surface area contributed by atoms with Gasteiger partial charge >= 0.3 is 5.97 Å². The Hall–Kier alpha value is -1.42. The fourth-order valence-electron chi connectivity index (χ4n) is 1.92. The lowest BCUT2D eigenvalue weighted by Crippen LogP contribution is -2.04. The van der Waals surface area contributed by atoms with Gasteiger partial charge in [0.1, 0.15) is 0 Å². The maximum atomic E-state index is 11.4. The van der Waals surface area contributed by atoms with Crippen molar-refractivity contribution in [2.24, 2.45) is 0 Å². The van der Waals surface area contributed by atoms with Gasteiger partial charge in [0, 0.05) is 16.1 Å². The van der Waals surface area contributed by atoms with E-state index in [1.54, 1.807) is 6.20 Å². The van der Waals surface area contributed by atoms with Gasteiger partial charge < -0.3 is 5.11 Å². The summed E-state index contributed by atoms with van der Waals surface area (Å²) in [5.41, 5.74) is 1.88. The minimum Gasteiger partial charge on any atom is -0.478 e. The molecule has 1 N–H and O–H groups in total. The van der Waals surface area contributed by atoms with E-state index < -0.39 is 5.97 Å². The Morgan fingerprint density at radius 2 is 2.24 bits per heavy atom. The number of rotatable bonds is 3. The predicted molar refractivity (Wildman–Crippen MR) is 70.4 cm³/mol. The highest BCUT2D eigenvalue weighted by molar-refractivity contribution is 9.10. The van der Waals surface area contributed by atoms with Crippen LogP contribution in [-0.2, 0) is 6.42 Å². The Morgan fingerprint density at radius 3 is 2.88 bits per heavy atom. The van der Waals surface area contributed by atoms with Crippen LogP contribution in [-0.4, -0.2) is 16.1 Å². The van der Waals surface area contributed by atoms with Crippen LogP contribution < -0.4 is 0 Å². The normalized spacial score (nSPS) is 10.7. The van der Waals surface area contributed by atoms with Crippen molar-refractivity contribution in [3.63, 3.8) is 0 Å². The molecule has 0 amide bonds. The Bertz CT molecular complexity index is 581. The van der Waals surface area contributed by atoms with E-state index in [1.165, 1.54) is 0 Å². The Morgan fingerprint density at radius 1 is 1.47 bits per heavy atom. The van der Waals surface area contributed by atoms with Gasteiger partial charge in [-0.3, -0.25) is 4.98 Å². The largest absolute Gasteiger partial charge is 0.478 e. The monoisotopic (exact) mass is 293 g/mol. The number of halogens is 1. The molecular formula is C13H12BrNO2. The second-order valence-corrected chi connectivity index (χ2v) is 4.79. The molecule has 0 unspecified atom stereocenters. The van der Waals surface area contributed by atoms with Gasteiger partial charge in [-0.05, 0) is 30.2 Å². The van der Waals surface area contributed by atoms with Gasteiger partial charge in [-0.2, -0.15) is 0 Å². The summed E-state index contributed by atoms with van der Waals surface area (Å²) in [5, 5.41) is 10.0. The number of fused-ring (bicyclic) bond motifs is 1. The summed E-state index contributed by atoms with van der Waals surface area (Å²) in [7, 11) is 0. The first-order valence-electron chi connectivity index (χ1n) is 5.44. The van der Waals surface area contributed by atoms with Crippen molar-refractivity contribution in [1.29, 1.82) is 0 Å². The number of carbonyl (C=O) groups is 1. The fourth-order valence-corrected chi connectivity index (χ4v) is 2.28. The van der Waals surface area contributed by atoms with Crippen LogP contribution in [0.2, 0.25) is 0 Å². The first-order chi connectivity index (χ1) is 8.13. The van der Waals surface area contributed by atoms with Gasteiger partial charge in [0.05, 0.1) is 11.1 Å². The molecule has 0 aliphatic heterocycles. The summed E-state index contributed by atoms with van der Waals surface area (Å²) >= 11 is 3.36. The maximum Gasteiger partial charge on any atom is 0.336 e. The van der Waals surface area contributed by atoms with Crippen molar-refractivity contribution in [3.05, 3.63) is 40.0 Å². The number of benzene rings is 1. The zero-order valence-electron chi connectivity index (χ0n) is 9.40. The third-order valence-corrected chi connectivity index (χ3v) is 3.13. The average Bonchev–Trinajstić information content (AvgIpc) is 2.28. The Balaban J connectivity index is 2.77. The fraction of sp³-hybridized carbons (Fsp3) is 0.231. The topological polar surface area (TPSA) is 50.2 Å². The van der Waals surface area contributed by atoms with Crippen LogP contribution >= 0.6 is 15.9 Å². The van der Waals surface area contributed by atoms with Crippen LogP contribution in [0.4, 0.5) is 0 Å². The molecule has 0 saturated carbocycles. The van der Waals surface area contributed by atoms with Gasteiger partial charge in [-0.1, -0.05) is 29.3 Å². The van der Waals surface area contributed by atoms with E-state index in [4.69, 9.17) is 0 Å². The van der Waals surface area contributed by atoms with Crippen LogP contribution in [0.3, 0.4) is 0 Å². The number of pyridine rings is 1. The second kappa shape index (κ2) is 4.84. The zero-order valence-corrected chi connectivity index (χ0v) is 11.0. The molecule has 0 radical (unpaired) electrons. The number of carboxylic acid groups (broad SMARTS) is 1. The second-order valence-electron chi connectivity index (χ2n) is 3.88. The molecule has 0 aliphatic rings. The van der Waals surface area contributed by atoms with Crippen LogP contribution in [0.25, 0.3) is 10.9 Å². The maximum absolute atomic E-state index is 11.4. The molecule has 0 bridgehead atoms. The van der Waals surface area contributed by atoms with Crippen molar-refractivity contribution in [3.8, 4) is 0 Å². The van der Waals surface area contributed by atoms with E-state index >= 15 is 0 Å². The van der Waals surface area contributed by atoms with Crippen molar-refractivity contribution in [1.82, 2.24) is 4.98 Å². The number of aryl methyl sites for hydroxylation is 1. The van der Waals surface area contributed by atoms with E-state index in [-0.39, 0.29) is 0 Å². The van der Waals surface area contributed by atoms with E-state index in [9.17, 15) is 9.90 Å². The van der Waals surface area contributed by atoms with Gasteiger partial charge in [0.15, 0.2) is 0 Å². The molecule has 88 valence electrons. The molecular weight excluding hydrogens is 282 g/mol. The Kier molecular flexibility index (Phi) is 3.43. The third-order valence-electron chi connectivity index (χ3n) is 2.64. The van der Waals surface area contributed by atoms with Crippen LogP contribution in [0, 0.1) is 0 Å². The van der Waals surface area contributed by atoms with Crippen molar-refractivity contribution < 1.29 is 9.90 Å². The summed E-state index contributed by atoms with van der Waals surface area (Å²) in [6.07, 6.45) is 3.31. The Labute approximate surface area is 108 Å². The van der Waals surface area contributed by atoms with E-state index in [0.29, 0.717) is 16.5 Å². The van der Waals surface area contributed by atoms with Crippen LogP contribution in [0.5, 0.6) is 0 Å². The molecule has 0 saturated heterocycles. The van der Waals surface area contributed by atoms with Crippen LogP contribution in [0.1, 0.15) is 29.3 Å². The smallest absolute Gasteiger partial charge is 0.336 e. The number of aromatic nitrogens is 1. The molecule has 1 aromatic heterocycles. The molecule has 1 heterocycles. The summed E-state index contributed by atoms with van der Waals surface area (Å²) < 4.78 is 0.864. The molecule has 0 atom stereocenters. The number of hydrogen-bond acceptors (Lipinski definition) is 2. The zero-order chi connectivity index (χ0) is 12.4. The molecule has 2 rings (SSSR count). The van der Waals surface area contributed by atoms with Crippen molar-refractivity contribution in [2.45, 2.75) is 19.8 Å². The molecule has 0 aliphatic carbocycles. The molecule has 2 aromatic rings. The molecule has 4 heteroatoms. The third kappa shape index (κ3) is 2.31.